The maximum absolute atomic E-state index is 13.9. The van der Waals surface area contributed by atoms with Gasteiger partial charge in [-0.15, -0.1) is 0 Å². The summed E-state index contributed by atoms with van der Waals surface area (Å²) in [5.41, 5.74) is 3.35. The third kappa shape index (κ3) is 4.88. The molecule has 4 heterocycles. The molecule has 6 rings (SSSR count). The predicted molar refractivity (Wildman–Crippen MR) is 158 cm³/mol. The van der Waals surface area contributed by atoms with Gasteiger partial charge in [0.05, 0.1) is 12.1 Å². The highest BCUT2D eigenvalue weighted by molar-refractivity contribution is 9.10. The number of halogens is 1. The van der Waals surface area contributed by atoms with Gasteiger partial charge < -0.3 is 15.3 Å². The van der Waals surface area contributed by atoms with Gasteiger partial charge in [-0.3, -0.25) is 19.1 Å². The fourth-order valence-electron chi connectivity index (χ4n) is 6.01. The number of aliphatic hydroxyl groups excluding tert-OH is 1. The molecule has 1 saturated carbocycles. The van der Waals surface area contributed by atoms with Gasteiger partial charge in [0.1, 0.15) is 34.5 Å². The van der Waals surface area contributed by atoms with Crippen LogP contribution in [-0.2, 0) is 22.7 Å². The molecule has 2 aliphatic rings. The van der Waals surface area contributed by atoms with Crippen LogP contribution in [0.1, 0.15) is 54.1 Å². The molecule has 1 aliphatic carbocycles. The van der Waals surface area contributed by atoms with E-state index in [1.165, 1.54) is 11.6 Å². The number of fused-ring (bicyclic) bond motifs is 2. The molecule has 3 aromatic heterocycles. The van der Waals surface area contributed by atoms with Gasteiger partial charge in [0.2, 0.25) is 11.8 Å². The number of ketones is 1. The number of aromatic nitrogens is 5. The monoisotopic (exact) mass is 631 g/mol. The maximum atomic E-state index is 13.9. The molecule has 42 heavy (non-hydrogen) atoms. The molecule has 2 amide bonds. The number of hydrogen-bond acceptors (Lipinski definition) is 8. The van der Waals surface area contributed by atoms with E-state index in [0.29, 0.717) is 39.1 Å². The fourth-order valence-corrected chi connectivity index (χ4v) is 6.32. The molecule has 2 N–H and O–H groups in total. The second-order valence-electron chi connectivity index (χ2n) is 11.5. The Labute approximate surface area is 250 Å². The van der Waals surface area contributed by atoms with E-state index in [1.807, 2.05) is 19.1 Å². The van der Waals surface area contributed by atoms with Crippen LogP contribution in [0.5, 0.6) is 0 Å². The lowest BCUT2D eigenvalue weighted by molar-refractivity contribution is -0.138. The topological polar surface area (TPSA) is 143 Å². The number of benzene rings is 1. The number of carbonyl (C=O) groups is 3. The Morgan fingerprint density at radius 1 is 1.12 bits per heavy atom. The second-order valence-corrected chi connectivity index (χ2v) is 12.3. The van der Waals surface area contributed by atoms with Crippen LogP contribution in [0.4, 0.5) is 5.82 Å². The van der Waals surface area contributed by atoms with Crippen molar-refractivity contribution in [2.45, 2.75) is 65.8 Å². The molecular weight excluding hydrogens is 602 g/mol. The highest BCUT2D eigenvalue weighted by atomic mass is 79.9. The normalized spacial score (nSPS) is 21.0. The summed E-state index contributed by atoms with van der Waals surface area (Å²) in [5, 5.41) is 18.3. The van der Waals surface area contributed by atoms with Crippen LogP contribution in [0.25, 0.3) is 22.0 Å². The van der Waals surface area contributed by atoms with E-state index in [4.69, 9.17) is 0 Å². The minimum Gasteiger partial charge on any atom is -0.392 e. The number of aryl methyl sites for hydroxylation is 2. The largest absolute Gasteiger partial charge is 0.392 e. The average molecular weight is 633 g/mol. The SMILES string of the molecule is CC(=O)c1nn(CC(=O)N2[C@H](C(=O)Nc3nc(Br)ccc3C)C[C@@]3(C)C[C@@H]23)c2c(CO)cc(-c3cnc(C)nc3)cc12. The molecule has 0 radical (unpaired) electrons. The number of rotatable bonds is 7. The van der Waals surface area contributed by atoms with E-state index < -0.39 is 6.04 Å². The Balaban J connectivity index is 1.34. The summed E-state index contributed by atoms with van der Waals surface area (Å²) in [6, 6.07) is 6.53. The fraction of sp³-hybridized carbons (Fsp3) is 0.367. The number of pyridine rings is 1. The van der Waals surface area contributed by atoms with Gasteiger partial charge >= 0.3 is 0 Å². The quantitative estimate of drug-likeness (QED) is 0.230. The van der Waals surface area contributed by atoms with Gasteiger partial charge in [-0.05, 0) is 77.4 Å². The van der Waals surface area contributed by atoms with Crippen LogP contribution in [-0.4, -0.2) is 64.4 Å². The van der Waals surface area contributed by atoms with Crippen LogP contribution < -0.4 is 5.32 Å². The Morgan fingerprint density at radius 2 is 1.86 bits per heavy atom. The number of carbonyl (C=O) groups excluding carboxylic acids is 3. The number of aliphatic hydroxyl groups is 1. The standard InChI is InChI=1S/C30H30BrN7O4/c1-15-5-6-24(31)34-28(15)35-29(42)22-9-30(4)10-23(30)38(22)25(41)13-37-27-19(14-39)7-18(20-11-32-17(3)33-12-20)8-21(27)26(36-37)16(2)40/h5-8,11-12,22-23,39H,9-10,13-14H2,1-4H3,(H,34,35,42)/t22-,23+,30-/m0/s1. The third-order valence-corrected chi connectivity index (χ3v) is 8.80. The molecule has 0 bridgehead atoms. The highest BCUT2D eigenvalue weighted by Gasteiger charge is 2.64. The third-order valence-electron chi connectivity index (χ3n) is 8.36. The molecule has 0 spiro atoms. The van der Waals surface area contributed by atoms with Crippen molar-refractivity contribution in [2.75, 3.05) is 5.32 Å². The molecule has 12 heteroatoms. The number of nitrogens with zero attached hydrogens (tertiary/aromatic N) is 6. The molecule has 1 saturated heterocycles. The lowest BCUT2D eigenvalue weighted by atomic mass is 10.0. The number of anilines is 1. The number of Topliss-reactive ketones (excluding diaryl/α,β-unsaturated/α-hetero) is 1. The zero-order chi connectivity index (χ0) is 29.9. The number of amides is 2. The smallest absolute Gasteiger partial charge is 0.248 e. The number of nitrogens with one attached hydrogen (secondary N) is 1. The first-order valence-corrected chi connectivity index (χ1v) is 14.5. The first-order valence-electron chi connectivity index (χ1n) is 13.7. The van der Waals surface area contributed by atoms with E-state index >= 15 is 0 Å². The first kappa shape index (κ1) is 28.1. The Bertz CT molecular complexity index is 1770. The minimum absolute atomic E-state index is 0.0585. The molecule has 3 atom stereocenters. The van der Waals surface area contributed by atoms with Gasteiger partial charge in [0.25, 0.3) is 0 Å². The zero-order valence-electron chi connectivity index (χ0n) is 23.7. The van der Waals surface area contributed by atoms with Crippen molar-refractivity contribution in [2.24, 2.45) is 5.41 Å². The predicted octanol–water partition coefficient (Wildman–Crippen LogP) is 3.98. The summed E-state index contributed by atoms with van der Waals surface area (Å²) in [6.07, 6.45) is 4.73. The van der Waals surface area contributed by atoms with Gasteiger partial charge in [0.15, 0.2) is 5.78 Å². The molecular formula is C30H30BrN7O4. The summed E-state index contributed by atoms with van der Waals surface area (Å²) in [6.45, 7) is 6.64. The van der Waals surface area contributed by atoms with Crippen LogP contribution in [0.15, 0.2) is 41.3 Å². The molecule has 1 aliphatic heterocycles. The first-order chi connectivity index (χ1) is 20.0. The van der Waals surface area contributed by atoms with Crippen molar-refractivity contribution in [1.29, 1.82) is 0 Å². The van der Waals surface area contributed by atoms with Crippen molar-refractivity contribution >= 4 is 50.2 Å². The number of piperidine rings is 1. The van der Waals surface area contributed by atoms with E-state index in [-0.39, 0.29) is 47.9 Å². The molecule has 4 aromatic rings. The summed E-state index contributed by atoms with van der Waals surface area (Å²) < 4.78 is 2.07. The van der Waals surface area contributed by atoms with Crippen LogP contribution in [0, 0.1) is 19.3 Å². The minimum atomic E-state index is -0.666. The maximum Gasteiger partial charge on any atom is 0.248 e. The van der Waals surface area contributed by atoms with Crippen molar-refractivity contribution < 1.29 is 19.5 Å². The van der Waals surface area contributed by atoms with E-state index in [9.17, 15) is 19.5 Å². The van der Waals surface area contributed by atoms with Crippen molar-refractivity contribution in [1.82, 2.24) is 29.6 Å². The van der Waals surface area contributed by atoms with Gasteiger partial charge in [-0.25, -0.2) is 15.0 Å². The Morgan fingerprint density at radius 3 is 2.55 bits per heavy atom. The highest BCUT2D eigenvalue weighted by Crippen LogP contribution is 2.59. The molecule has 11 nitrogen and oxygen atoms in total. The number of hydrogen-bond donors (Lipinski definition) is 2. The molecule has 216 valence electrons. The zero-order valence-corrected chi connectivity index (χ0v) is 25.3. The summed E-state index contributed by atoms with van der Waals surface area (Å²) in [5.74, 6) is 0.235. The summed E-state index contributed by atoms with van der Waals surface area (Å²) in [4.78, 5) is 54.6. The Hall–Kier alpha value is -4.03. The van der Waals surface area contributed by atoms with Gasteiger partial charge in [-0.1, -0.05) is 13.0 Å². The summed E-state index contributed by atoms with van der Waals surface area (Å²) >= 11 is 3.35. The lowest BCUT2D eigenvalue weighted by Crippen LogP contribution is -2.47. The van der Waals surface area contributed by atoms with E-state index in [2.05, 4.69) is 48.2 Å². The van der Waals surface area contributed by atoms with Crippen molar-refractivity contribution in [3.63, 3.8) is 0 Å². The van der Waals surface area contributed by atoms with Crippen LogP contribution in [0.2, 0.25) is 0 Å². The van der Waals surface area contributed by atoms with Gasteiger partial charge in [0, 0.05) is 41.9 Å². The van der Waals surface area contributed by atoms with Gasteiger partial charge in [-0.2, -0.15) is 5.10 Å². The molecule has 0 unspecified atom stereocenters. The molecule has 1 aromatic carbocycles. The molecule has 2 fully saturated rings. The summed E-state index contributed by atoms with van der Waals surface area (Å²) in [7, 11) is 0. The average Bonchev–Trinajstić information content (AvgIpc) is 3.31. The van der Waals surface area contributed by atoms with Crippen molar-refractivity contribution in [3.8, 4) is 11.1 Å². The lowest BCUT2D eigenvalue weighted by Gasteiger charge is -2.27. The second kappa shape index (κ2) is 10.4. The van der Waals surface area contributed by atoms with E-state index in [1.54, 1.807) is 36.4 Å². The van der Waals surface area contributed by atoms with Crippen molar-refractivity contribution in [3.05, 3.63) is 63.9 Å². The van der Waals surface area contributed by atoms with Crippen LogP contribution in [0.3, 0.4) is 0 Å². The van der Waals surface area contributed by atoms with Crippen LogP contribution >= 0.6 is 15.9 Å². The number of likely N-dealkylation sites (tertiary alicyclic amines) is 1. The Kier molecular flexibility index (Phi) is 6.93. The van der Waals surface area contributed by atoms with E-state index in [0.717, 1.165) is 23.1 Å².